The van der Waals surface area contributed by atoms with Crippen molar-refractivity contribution in [3.63, 3.8) is 0 Å². The number of nitrogens with zero attached hydrogens (tertiary/aromatic N) is 1. The van der Waals surface area contributed by atoms with Crippen molar-refractivity contribution in [1.29, 1.82) is 0 Å². The number of hydrogen-bond acceptors (Lipinski definition) is 3. The number of piperazine rings is 1. The van der Waals surface area contributed by atoms with Crippen molar-refractivity contribution < 1.29 is 9.59 Å². The highest BCUT2D eigenvalue weighted by Gasteiger charge is 2.25. The smallest absolute Gasteiger partial charge is 0.241 e. The first-order valence-corrected chi connectivity index (χ1v) is 6.44. The summed E-state index contributed by atoms with van der Waals surface area (Å²) in [6, 6.07) is 7.35. The van der Waals surface area contributed by atoms with Crippen LogP contribution in [-0.4, -0.2) is 42.4 Å². The Bertz CT molecular complexity index is 470. The SMILES string of the molecule is Cc1ccc(NC(=O)[C@@H](C)N2CCNC(=O)C2)cc1. The van der Waals surface area contributed by atoms with Crippen molar-refractivity contribution in [2.75, 3.05) is 25.0 Å². The number of amides is 2. The van der Waals surface area contributed by atoms with Crippen LogP contribution in [0.1, 0.15) is 12.5 Å². The minimum absolute atomic E-state index is 0.0266. The highest BCUT2D eigenvalue weighted by Crippen LogP contribution is 2.10. The number of carbonyl (C=O) groups is 2. The number of rotatable bonds is 3. The van der Waals surface area contributed by atoms with Gasteiger partial charge in [-0.3, -0.25) is 14.5 Å². The lowest BCUT2D eigenvalue weighted by Gasteiger charge is -2.31. The monoisotopic (exact) mass is 261 g/mol. The molecule has 0 bridgehead atoms. The zero-order chi connectivity index (χ0) is 13.8. The van der Waals surface area contributed by atoms with Crippen LogP contribution < -0.4 is 10.6 Å². The molecule has 5 nitrogen and oxygen atoms in total. The Morgan fingerprint density at radius 3 is 2.68 bits per heavy atom. The second-order valence-corrected chi connectivity index (χ2v) is 4.85. The first-order chi connectivity index (χ1) is 9.06. The Labute approximate surface area is 113 Å². The molecule has 0 radical (unpaired) electrons. The van der Waals surface area contributed by atoms with E-state index in [1.807, 2.05) is 43.0 Å². The number of carbonyl (C=O) groups excluding carboxylic acids is 2. The molecule has 19 heavy (non-hydrogen) atoms. The fourth-order valence-electron chi connectivity index (χ4n) is 2.04. The molecule has 5 heteroatoms. The molecule has 2 amide bonds. The highest BCUT2D eigenvalue weighted by atomic mass is 16.2. The van der Waals surface area contributed by atoms with Crippen LogP contribution in [-0.2, 0) is 9.59 Å². The summed E-state index contributed by atoms with van der Waals surface area (Å²) in [6.07, 6.45) is 0. The summed E-state index contributed by atoms with van der Waals surface area (Å²) in [7, 11) is 0. The number of hydrogen-bond donors (Lipinski definition) is 2. The van der Waals surface area contributed by atoms with E-state index < -0.39 is 0 Å². The van der Waals surface area contributed by atoms with Gasteiger partial charge < -0.3 is 10.6 Å². The zero-order valence-electron chi connectivity index (χ0n) is 11.3. The van der Waals surface area contributed by atoms with Crippen molar-refractivity contribution in [2.24, 2.45) is 0 Å². The maximum Gasteiger partial charge on any atom is 0.241 e. The van der Waals surface area contributed by atoms with E-state index in [0.717, 1.165) is 11.3 Å². The van der Waals surface area contributed by atoms with Crippen LogP contribution in [0.5, 0.6) is 0 Å². The molecule has 2 rings (SSSR count). The molecule has 0 saturated carbocycles. The van der Waals surface area contributed by atoms with Crippen molar-refractivity contribution in [2.45, 2.75) is 19.9 Å². The Kier molecular flexibility index (Phi) is 4.16. The fraction of sp³-hybridized carbons (Fsp3) is 0.429. The lowest BCUT2D eigenvalue weighted by molar-refractivity contribution is -0.127. The van der Waals surface area contributed by atoms with Crippen LogP contribution in [0, 0.1) is 6.92 Å². The predicted octanol–water partition coefficient (Wildman–Crippen LogP) is 0.754. The molecule has 2 N–H and O–H groups in total. The largest absolute Gasteiger partial charge is 0.354 e. The molecular formula is C14H19N3O2. The van der Waals surface area contributed by atoms with Crippen molar-refractivity contribution >= 4 is 17.5 Å². The van der Waals surface area contributed by atoms with Gasteiger partial charge in [0.1, 0.15) is 0 Å². The minimum atomic E-state index is -0.313. The average molecular weight is 261 g/mol. The molecule has 1 saturated heterocycles. The standard InChI is InChI=1S/C14H19N3O2/c1-10-3-5-12(6-4-10)16-14(19)11(2)17-8-7-15-13(18)9-17/h3-6,11H,7-9H2,1-2H3,(H,15,18)(H,16,19)/t11-/m1/s1. The molecule has 1 aliphatic rings. The van der Waals surface area contributed by atoms with Gasteiger partial charge in [0.25, 0.3) is 0 Å². The molecule has 1 fully saturated rings. The van der Waals surface area contributed by atoms with Gasteiger partial charge in [0.15, 0.2) is 0 Å². The van der Waals surface area contributed by atoms with E-state index in [9.17, 15) is 9.59 Å². The van der Waals surface area contributed by atoms with Crippen LogP contribution in [0.4, 0.5) is 5.69 Å². The maximum absolute atomic E-state index is 12.1. The van der Waals surface area contributed by atoms with Gasteiger partial charge in [-0.25, -0.2) is 0 Å². The lowest BCUT2D eigenvalue weighted by atomic mass is 10.2. The third-order valence-electron chi connectivity index (χ3n) is 3.31. The van der Waals surface area contributed by atoms with Crippen LogP contribution in [0.2, 0.25) is 0 Å². The first-order valence-electron chi connectivity index (χ1n) is 6.44. The molecule has 0 unspecified atom stereocenters. The van der Waals surface area contributed by atoms with Crippen LogP contribution in [0.15, 0.2) is 24.3 Å². The molecule has 1 aromatic rings. The molecule has 1 aromatic carbocycles. The van der Waals surface area contributed by atoms with Gasteiger partial charge in [0.05, 0.1) is 12.6 Å². The second-order valence-electron chi connectivity index (χ2n) is 4.85. The van der Waals surface area contributed by atoms with Gasteiger partial charge in [-0.15, -0.1) is 0 Å². The molecule has 0 aromatic heterocycles. The zero-order valence-corrected chi connectivity index (χ0v) is 11.3. The van der Waals surface area contributed by atoms with Gasteiger partial charge in [0, 0.05) is 18.8 Å². The molecule has 0 aliphatic carbocycles. The topological polar surface area (TPSA) is 61.4 Å². The van der Waals surface area contributed by atoms with Gasteiger partial charge in [-0.05, 0) is 26.0 Å². The van der Waals surface area contributed by atoms with Gasteiger partial charge in [-0.1, -0.05) is 17.7 Å². The fourth-order valence-corrected chi connectivity index (χ4v) is 2.04. The molecule has 0 spiro atoms. The van der Waals surface area contributed by atoms with Gasteiger partial charge >= 0.3 is 0 Å². The van der Waals surface area contributed by atoms with Crippen LogP contribution >= 0.6 is 0 Å². The molecule has 1 atom stereocenters. The van der Waals surface area contributed by atoms with E-state index in [2.05, 4.69) is 10.6 Å². The molecular weight excluding hydrogens is 242 g/mol. The summed E-state index contributed by atoms with van der Waals surface area (Å²) in [5.41, 5.74) is 1.93. The third kappa shape index (κ3) is 3.54. The van der Waals surface area contributed by atoms with E-state index in [4.69, 9.17) is 0 Å². The number of anilines is 1. The Balaban J connectivity index is 1.95. The first kappa shape index (κ1) is 13.5. The van der Waals surface area contributed by atoms with E-state index >= 15 is 0 Å². The van der Waals surface area contributed by atoms with Crippen LogP contribution in [0.25, 0.3) is 0 Å². The third-order valence-corrected chi connectivity index (χ3v) is 3.31. The summed E-state index contributed by atoms with van der Waals surface area (Å²) in [5.74, 6) is -0.111. The Hall–Kier alpha value is -1.88. The van der Waals surface area contributed by atoms with Gasteiger partial charge in [-0.2, -0.15) is 0 Å². The van der Waals surface area contributed by atoms with Gasteiger partial charge in [0.2, 0.25) is 11.8 Å². The van der Waals surface area contributed by atoms with Crippen molar-refractivity contribution in [3.8, 4) is 0 Å². The van der Waals surface area contributed by atoms with Crippen molar-refractivity contribution in [3.05, 3.63) is 29.8 Å². The minimum Gasteiger partial charge on any atom is -0.354 e. The van der Waals surface area contributed by atoms with E-state index in [1.54, 1.807) is 0 Å². The summed E-state index contributed by atoms with van der Waals surface area (Å²) in [6.45, 7) is 5.40. The summed E-state index contributed by atoms with van der Waals surface area (Å²) < 4.78 is 0. The van der Waals surface area contributed by atoms with E-state index in [1.165, 1.54) is 0 Å². The summed E-state index contributed by atoms with van der Waals surface area (Å²) >= 11 is 0. The van der Waals surface area contributed by atoms with E-state index in [-0.39, 0.29) is 24.4 Å². The normalized spacial score (nSPS) is 17.7. The van der Waals surface area contributed by atoms with Crippen molar-refractivity contribution in [1.82, 2.24) is 10.2 Å². The number of benzene rings is 1. The quantitative estimate of drug-likeness (QED) is 0.844. The molecule has 102 valence electrons. The highest BCUT2D eigenvalue weighted by molar-refractivity contribution is 5.95. The molecule has 1 aliphatic heterocycles. The summed E-state index contributed by atoms with van der Waals surface area (Å²) in [5, 5.41) is 5.62. The summed E-state index contributed by atoms with van der Waals surface area (Å²) in [4.78, 5) is 25.3. The predicted molar refractivity (Wildman–Crippen MR) is 73.9 cm³/mol. The number of aryl methyl sites for hydroxylation is 1. The maximum atomic E-state index is 12.1. The molecule has 1 heterocycles. The number of nitrogens with one attached hydrogen (secondary N) is 2. The Morgan fingerprint density at radius 1 is 1.37 bits per heavy atom. The van der Waals surface area contributed by atoms with Crippen LogP contribution in [0.3, 0.4) is 0 Å². The Morgan fingerprint density at radius 2 is 2.05 bits per heavy atom. The second kappa shape index (κ2) is 5.84. The average Bonchev–Trinajstić information content (AvgIpc) is 2.40. The lowest BCUT2D eigenvalue weighted by Crippen LogP contribution is -2.53. The van der Waals surface area contributed by atoms with E-state index in [0.29, 0.717) is 13.1 Å².